The van der Waals surface area contributed by atoms with E-state index >= 15 is 0 Å². The molecule has 0 radical (unpaired) electrons. The zero-order valence-corrected chi connectivity index (χ0v) is 15.6. The maximum atomic E-state index is 12.8. The van der Waals surface area contributed by atoms with Gasteiger partial charge in [0, 0.05) is 31.2 Å². The number of hydrogen-bond acceptors (Lipinski definition) is 5. The van der Waals surface area contributed by atoms with Crippen LogP contribution in [0, 0.1) is 5.92 Å². The van der Waals surface area contributed by atoms with Crippen LogP contribution in [0.1, 0.15) is 37.1 Å². The molecule has 1 aliphatic carbocycles. The third kappa shape index (κ3) is 3.71. The molecule has 0 saturated heterocycles. The lowest BCUT2D eigenvalue weighted by Gasteiger charge is -2.24. The molecule has 1 aliphatic rings. The first kappa shape index (κ1) is 17.6. The predicted octanol–water partition coefficient (Wildman–Crippen LogP) is 2.60. The van der Waals surface area contributed by atoms with Gasteiger partial charge in [0.05, 0.1) is 11.7 Å². The third-order valence-corrected chi connectivity index (χ3v) is 5.76. The van der Waals surface area contributed by atoms with Gasteiger partial charge in [0.2, 0.25) is 0 Å². The van der Waals surface area contributed by atoms with Crippen LogP contribution in [0.4, 0.5) is 0 Å². The monoisotopic (exact) mass is 349 g/mol. The van der Waals surface area contributed by atoms with E-state index in [9.17, 15) is 4.79 Å². The molecule has 24 heavy (non-hydrogen) atoms. The smallest absolute Gasteiger partial charge is 0.262 e. The molecule has 0 saturated carbocycles. The lowest BCUT2D eigenvalue weighted by atomic mass is 9.93. The summed E-state index contributed by atoms with van der Waals surface area (Å²) in [4.78, 5) is 19.6. The van der Waals surface area contributed by atoms with E-state index in [2.05, 4.69) is 24.1 Å². The summed E-state index contributed by atoms with van der Waals surface area (Å²) < 4.78 is 6.81. The number of nitrogens with one attached hydrogen (secondary N) is 1. The molecule has 132 valence electrons. The second-order valence-electron chi connectivity index (χ2n) is 7.02. The van der Waals surface area contributed by atoms with Crippen LogP contribution in [0.2, 0.25) is 0 Å². The fourth-order valence-corrected chi connectivity index (χ4v) is 4.57. The zero-order chi connectivity index (χ0) is 17.1. The van der Waals surface area contributed by atoms with Crippen molar-refractivity contribution in [3.05, 3.63) is 27.1 Å². The first-order chi connectivity index (χ1) is 11.6. The molecule has 1 atom stereocenters. The van der Waals surface area contributed by atoms with E-state index in [1.54, 1.807) is 29.3 Å². The minimum absolute atomic E-state index is 0.113. The maximum Gasteiger partial charge on any atom is 0.262 e. The Labute approximate surface area is 147 Å². The molecule has 2 heterocycles. The van der Waals surface area contributed by atoms with Gasteiger partial charge in [-0.1, -0.05) is 13.8 Å². The highest BCUT2D eigenvalue weighted by molar-refractivity contribution is 7.18. The largest absolute Gasteiger partial charge is 0.385 e. The SMILES string of the molecule is COCCCn1cnc2sc3c(c2c1=O)CCC(NCC(C)C)C3. The molecule has 0 aromatic carbocycles. The minimum atomic E-state index is 0.113. The van der Waals surface area contributed by atoms with Crippen molar-refractivity contribution in [3.63, 3.8) is 0 Å². The quantitative estimate of drug-likeness (QED) is 0.781. The third-order valence-electron chi connectivity index (χ3n) is 4.60. The lowest BCUT2D eigenvalue weighted by molar-refractivity contribution is 0.190. The summed E-state index contributed by atoms with van der Waals surface area (Å²) in [5, 5.41) is 4.51. The summed E-state index contributed by atoms with van der Waals surface area (Å²) in [5.74, 6) is 0.662. The Morgan fingerprint density at radius 2 is 2.33 bits per heavy atom. The van der Waals surface area contributed by atoms with Gasteiger partial charge in [0.15, 0.2) is 0 Å². The number of methoxy groups -OCH3 is 1. The van der Waals surface area contributed by atoms with Crippen molar-refractivity contribution < 1.29 is 4.74 Å². The first-order valence-corrected chi connectivity index (χ1v) is 9.63. The molecule has 0 bridgehead atoms. The summed E-state index contributed by atoms with van der Waals surface area (Å²) in [7, 11) is 1.68. The summed E-state index contributed by atoms with van der Waals surface area (Å²) in [5.41, 5.74) is 1.36. The second-order valence-corrected chi connectivity index (χ2v) is 8.10. The van der Waals surface area contributed by atoms with E-state index in [-0.39, 0.29) is 5.56 Å². The Morgan fingerprint density at radius 1 is 1.50 bits per heavy atom. The van der Waals surface area contributed by atoms with Gasteiger partial charge in [-0.3, -0.25) is 9.36 Å². The molecule has 0 amide bonds. The van der Waals surface area contributed by atoms with Crippen LogP contribution in [-0.4, -0.2) is 35.9 Å². The van der Waals surface area contributed by atoms with Crippen molar-refractivity contribution in [1.29, 1.82) is 0 Å². The van der Waals surface area contributed by atoms with E-state index in [1.807, 2.05) is 0 Å². The van der Waals surface area contributed by atoms with Gasteiger partial charge in [0.1, 0.15) is 4.83 Å². The number of rotatable bonds is 7. The second kappa shape index (κ2) is 7.76. The molecule has 1 N–H and O–H groups in total. The molecule has 3 rings (SSSR count). The number of aromatic nitrogens is 2. The summed E-state index contributed by atoms with van der Waals surface area (Å²) in [6.07, 6.45) is 5.62. The van der Waals surface area contributed by atoms with Gasteiger partial charge in [-0.2, -0.15) is 0 Å². The fraction of sp³-hybridized carbons (Fsp3) is 0.667. The van der Waals surface area contributed by atoms with Crippen LogP contribution in [0.15, 0.2) is 11.1 Å². The van der Waals surface area contributed by atoms with E-state index in [4.69, 9.17) is 4.74 Å². The Kier molecular flexibility index (Phi) is 5.69. The van der Waals surface area contributed by atoms with Crippen LogP contribution in [0.3, 0.4) is 0 Å². The number of fused-ring (bicyclic) bond motifs is 3. The van der Waals surface area contributed by atoms with Gasteiger partial charge in [-0.05, 0) is 43.7 Å². The molecule has 0 spiro atoms. The number of ether oxygens (including phenoxy) is 1. The Hall–Kier alpha value is -1.24. The van der Waals surface area contributed by atoms with Crippen molar-refractivity contribution in [2.75, 3.05) is 20.3 Å². The van der Waals surface area contributed by atoms with Crippen LogP contribution in [0.5, 0.6) is 0 Å². The zero-order valence-electron chi connectivity index (χ0n) is 14.8. The Balaban J connectivity index is 1.83. The molecule has 0 aliphatic heterocycles. The topological polar surface area (TPSA) is 56.2 Å². The predicted molar refractivity (Wildman–Crippen MR) is 99.0 cm³/mol. The number of hydrogen-bond donors (Lipinski definition) is 1. The van der Waals surface area contributed by atoms with Crippen LogP contribution in [-0.2, 0) is 24.1 Å². The standard InChI is InChI=1S/C18H27N3O2S/c1-12(2)10-19-13-5-6-14-15(9-13)24-17-16(14)18(22)21(11-20-17)7-4-8-23-3/h11-13,19H,4-10H2,1-3H3. The lowest BCUT2D eigenvalue weighted by Crippen LogP contribution is -2.36. The highest BCUT2D eigenvalue weighted by Gasteiger charge is 2.25. The number of nitrogens with zero attached hydrogens (tertiary/aromatic N) is 2. The summed E-state index contributed by atoms with van der Waals surface area (Å²) in [6, 6.07) is 0.525. The van der Waals surface area contributed by atoms with E-state index in [0.717, 1.165) is 42.4 Å². The fourth-order valence-electron chi connectivity index (χ4n) is 3.32. The summed E-state index contributed by atoms with van der Waals surface area (Å²) in [6.45, 7) is 6.84. The molecular weight excluding hydrogens is 322 g/mol. The van der Waals surface area contributed by atoms with Crippen LogP contribution >= 0.6 is 11.3 Å². The minimum Gasteiger partial charge on any atom is -0.385 e. The van der Waals surface area contributed by atoms with Crippen LogP contribution in [0.25, 0.3) is 10.2 Å². The molecule has 2 aromatic heterocycles. The van der Waals surface area contributed by atoms with Crippen molar-refractivity contribution in [1.82, 2.24) is 14.9 Å². The molecule has 1 unspecified atom stereocenters. The van der Waals surface area contributed by atoms with E-state index in [1.165, 1.54) is 10.4 Å². The molecule has 5 nitrogen and oxygen atoms in total. The van der Waals surface area contributed by atoms with Crippen molar-refractivity contribution in [3.8, 4) is 0 Å². The van der Waals surface area contributed by atoms with Gasteiger partial charge in [-0.15, -0.1) is 11.3 Å². The molecule has 2 aromatic rings. The average Bonchev–Trinajstić information content (AvgIpc) is 2.93. The van der Waals surface area contributed by atoms with Gasteiger partial charge in [-0.25, -0.2) is 4.98 Å². The van der Waals surface area contributed by atoms with Gasteiger partial charge < -0.3 is 10.1 Å². The molecular formula is C18H27N3O2S. The highest BCUT2D eigenvalue weighted by Crippen LogP contribution is 2.33. The van der Waals surface area contributed by atoms with Gasteiger partial charge >= 0.3 is 0 Å². The highest BCUT2D eigenvalue weighted by atomic mass is 32.1. The normalized spacial score (nSPS) is 17.6. The van der Waals surface area contributed by atoms with Crippen LogP contribution < -0.4 is 10.9 Å². The Morgan fingerprint density at radius 3 is 3.08 bits per heavy atom. The van der Waals surface area contributed by atoms with E-state index < -0.39 is 0 Å². The Bertz CT molecular complexity index is 751. The maximum absolute atomic E-state index is 12.8. The summed E-state index contributed by atoms with van der Waals surface area (Å²) >= 11 is 1.70. The van der Waals surface area contributed by atoms with Crippen molar-refractivity contribution in [2.45, 2.75) is 52.1 Å². The number of aryl methyl sites for hydroxylation is 2. The van der Waals surface area contributed by atoms with Crippen molar-refractivity contribution >= 4 is 21.6 Å². The first-order valence-electron chi connectivity index (χ1n) is 8.82. The van der Waals surface area contributed by atoms with E-state index in [0.29, 0.717) is 25.1 Å². The average molecular weight is 350 g/mol. The van der Waals surface area contributed by atoms with Gasteiger partial charge in [0.25, 0.3) is 5.56 Å². The molecule has 0 fully saturated rings. The molecule has 6 heteroatoms. The number of thiophene rings is 1. The van der Waals surface area contributed by atoms with Crippen molar-refractivity contribution in [2.24, 2.45) is 5.92 Å².